The highest BCUT2D eigenvalue weighted by Gasteiger charge is 2.20. The van der Waals surface area contributed by atoms with Crippen LogP contribution in [0.5, 0.6) is 0 Å². The first-order valence-corrected chi connectivity index (χ1v) is 9.86. The second-order valence-corrected chi connectivity index (χ2v) is 7.25. The van der Waals surface area contributed by atoms with Crippen LogP contribution in [0.15, 0.2) is 29.2 Å². The van der Waals surface area contributed by atoms with Crippen molar-refractivity contribution < 1.29 is 14.3 Å². The van der Waals surface area contributed by atoms with Gasteiger partial charge in [0.15, 0.2) is 0 Å². The van der Waals surface area contributed by atoms with Gasteiger partial charge in [-0.15, -0.1) is 23.1 Å². The molecule has 0 spiro atoms. The molecule has 1 heterocycles. The number of halogens is 1. The van der Waals surface area contributed by atoms with Gasteiger partial charge in [0.2, 0.25) is 0 Å². The van der Waals surface area contributed by atoms with Gasteiger partial charge < -0.3 is 10.1 Å². The SMILES string of the molecule is CCOC(=O)c1cc(CC)sc1NC(=O)c1cc(SC)ccc1Cl. The third kappa shape index (κ3) is 4.32. The van der Waals surface area contributed by atoms with Gasteiger partial charge >= 0.3 is 5.97 Å². The van der Waals surface area contributed by atoms with Crippen LogP contribution in [0.1, 0.15) is 39.4 Å². The van der Waals surface area contributed by atoms with Gasteiger partial charge in [-0.3, -0.25) is 4.79 Å². The van der Waals surface area contributed by atoms with E-state index in [1.807, 2.05) is 19.2 Å². The molecular weight excluding hydrogens is 366 g/mol. The van der Waals surface area contributed by atoms with Crippen molar-refractivity contribution in [3.8, 4) is 0 Å². The molecule has 0 atom stereocenters. The molecule has 0 unspecified atom stereocenters. The molecule has 0 saturated heterocycles. The highest BCUT2D eigenvalue weighted by atomic mass is 35.5. The van der Waals surface area contributed by atoms with Crippen molar-refractivity contribution in [1.29, 1.82) is 0 Å². The smallest absolute Gasteiger partial charge is 0.341 e. The maximum atomic E-state index is 12.6. The summed E-state index contributed by atoms with van der Waals surface area (Å²) in [7, 11) is 0. The van der Waals surface area contributed by atoms with E-state index in [4.69, 9.17) is 16.3 Å². The van der Waals surface area contributed by atoms with Crippen LogP contribution in [0.2, 0.25) is 5.02 Å². The standard InChI is InChI=1S/C17H18ClNO3S2/c1-4-10-8-13(17(21)22-5-2)16(24-10)19-15(20)12-9-11(23-3)6-7-14(12)18/h6-9H,4-5H2,1-3H3,(H,19,20). The van der Waals surface area contributed by atoms with E-state index in [-0.39, 0.29) is 12.5 Å². The Morgan fingerprint density at radius 3 is 2.62 bits per heavy atom. The second-order valence-electron chi connectivity index (χ2n) is 4.83. The van der Waals surface area contributed by atoms with E-state index in [1.54, 1.807) is 25.1 Å². The predicted octanol–water partition coefficient (Wildman–Crippen LogP) is 5.11. The number of esters is 1. The third-order valence-electron chi connectivity index (χ3n) is 3.27. The van der Waals surface area contributed by atoms with E-state index in [2.05, 4.69) is 5.32 Å². The summed E-state index contributed by atoms with van der Waals surface area (Å²) in [4.78, 5) is 26.6. The molecule has 24 heavy (non-hydrogen) atoms. The Morgan fingerprint density at radius 2 is 2.00 bits per heavy atom. The molecule has 2 rings (SSSR count). The molecule has 0 saturated carbocycles. The molecule has 1 aromatic carbocycles. The lowest BCUT2D eigenvalue weighted by molar-refractivity contribution is 0.0528. The van der Waals surface area contributed by atoms with Gasteiger partial charge in [-0.25, -0.2) is 4.79 Å². The van der Waals surface area contributed by atoms with Crippen LogP contribution in [-0.4, -0.2) is 24.7 Å². The number of nitrogens with one attached hydrogen (secondary N) is 1. The van der Waals surface area contributed by atoms with Crippen LogP contribution >= 0.6 is 34.7 Å². The van der Waals surface area contributed by atoms with Crippen molar-refractivity contribution in [1.82, 2.24) is 0 Å². The molecule has 1 aromatic heterocycles. The molecule has 0 radical (unpaired) electrons. The lowest BCUT2D eigenvalue weighted by Gasteiger charge is -2.08. The fraction of sp³-hybridized carbons (Fsp3) is 0.294. The summed E-state index contributed by atoms with van der Waals surface area (Å²) in [6, 6.07) is 7.05. The quantitative estimate of drug-likeness (QED) is 0.556. The number of anilines is 1. The van der Waals surface area contributed by atoms with E-state index in [0.717, 1.165) is 16.2 Å². The monoisotopic (exact) mass is 383 g/mol. The summed E-state index contributed by atoms with van der Waals surface area (Å²) >= 11 is 9.04. The molecule has 0 bridgehead atoms. The zero-order valence-corrected chi connectivity index (χ0v) is 16.0. The minimum Gasteiger partial charge on any atom is -0.462 e. The highest BCUT2D eigenvalue weighted by Crippen LogP contribution is 2.31. The van der Waals surface area contributed by atoms with Gasteiger partial charge in [0.25, 0.3) is 5.91 Å². The Labute approximate surface area is 154 Å². The maximum absolute atomic E-state index is 12.6. The zero-order valence-electron chi connectivity index (χ0n) is 13.6. The Morgan fingerprint density at radius 1 is 1.25 bits per heavy atom. The zero-order chi connectivity index (χ0) is 17.7. The lowest BCUT2D eigenvalue weighted by Crippen LogP contribution is -2.14. The number of aryl methyl sites for hydroxylation is 1. The van der Waals surface area contributed by atoms with Crippen LogP contribution in [-0.2, 0) is 11.2 Å². The number of amides is 1. The van der Waals surface area contributed by atoms with Gasteiger partial charge in [0.1, 0.15) is 5.00 Å². The molecule has 2 aromatic rings. The minimum atomic E-state index is -0.437. The fourth-order valence-corrected chi connectivity index (χ4v) is 3.67. The van der Waals surface area contributed by atoms with Gasteiger partial charge in [0, 0.05) is 9.77 Å². The van der Waals surface area contributed by atoms with Gasteiger partial charge in [-0.05, 0) is 43.9 Å². The summed E-state index contributed by atoms with van der Waals surface area (Å²) in [5.74, 6) is -0.779. The van der Waals surface area contributed by atoms with Crippen molar-refractivity contribution in [2.75, 3.05) is 18.2 Å². The number of hydrogen-bond donors (Lipinski definition) is 1. The number of carbonyl (C=O) groups excluding carboxylic acids is 2. The Hall–Kier alpha value is -1.50. The number of benzene rings is 1. The fourth-order valence-electron chi connectivity index (χ4n) is 2.05. The number of hydrogen-bond acceptors (Lipinski definition) is 5. The molecule has 4 nitrogen and oxygen atoms in total. The van der Waals surface area contributed by atoms with Crippen molar-refractivity contribution in [2.24, 2.45) is 0 Å². The Bertz CT molecular complexity index is 758. The molecule has 0 aliphatic rings. The minimum absolute atomic E-state index is 0.283. The van der Waals surface area contributed by atoms with Gasteiger partial charge in [0.05, 0.1) is 22.8 Å². The molecule has 1 N–H and O–H groups in total. The van der Waals surface area contributed by atoms with E-state index in [1.165, 1.54) is 23.1 Å². The molecule has 0 aliphatic heterocycles. The molecule has 0 fully saturated rings. The van der Waals surface area contributed by atoms with Crippen molar-refractivity contribution in [3.05, 3.63) is 45.3 Å². The van der Waals surface area contributed by atoms with Crippen molar-refractivity contribution >= 4 is 51.6 Å². The number of thiophene rings is 1. The Balaban J connectivity index is 2.31. The number of ether oxygens (including phenoxy) is 1. The van der Waals surface area contributed by atoms with Crippen LogP contribution in [0, 0.1) is 0 Å². The normalized spacial score (nSPS) is 10.5. The Kier molecular flexibility index (Phi) is 6.71. The number of thioether (sulfide) groups is 1. The van der Waals surface area contributed by atoms with Crippen LogP contribution in [0.25, 0.3) is 0 Å². The summed E-state index contributed by atoms with van der Waals surface area (Å²) in [5, 5.41) is 3.66. The van der Waals surface area contributed by atoms with Gasteiger partial charge in [-0.2, -0.15) is 0 Å². The van der Waals surface area contributed by atoms with Crippen molar-refractivity contribution in [2.45, 2.75) is 25.2 Å². The lowest BCUT2D eigenvalue weighted by atomic mass is 10.2. The summed E-state index contributed by atoms with van der Waals surface area (Å²) in [6.45, 7) is 4.02. The summed E-state index contributed by atoms with van der Waals surface area (Å²) in [5.41, 5.74) is 0.758. The van der Waals surface area contributed by atoms with E-state index in [0.29, 0.717) is 21.2 Å². The second kappa shape index (κ2) is 8.55. The van der Waals surface area contributed by atoms with Crippen LogP contribution in [0.3, 0.4) is 0 Å². The van der Waals surface area contributed by atoms with Gasteiger partial charge in [-0.1, -0.05) is 18.5 Å². The average Bonchev–Trinajstić information content (AvgIpc) is 2.98. The van der Waals surface area contributed by atoms with E-state index < -0.39 is 5.97 Å². The maximum Gasteiger partial charge on any atom is 0.341 e. The molecule has 1 amide bonds. The largest absolute Gasteiger partial charge is 0.462 e. The molecule has 7 heteroatoms. The summed E-state index contributed by atoms with van der Waals surface area (Å²) in [6.07, 6.45) is 2.70. The molecular formula is C17H18ClNO3S2. The topological polar surface area (TPSA) is 55.4 Å². The third-order valence-corrected chi connectivity index (χ3v) is 5.52. The van der Waals surface area contributed by atoms with E-state index >= 15 is 0 Å². The number of rotatable bonds is 6. The van der Waals surface area contributed by atoms with Crippen LogP contribution in [0.4, 0.5) is 5.00 Å². The first-order valence-electron chi connectivity index (χ1n) is 7.44. The first kappa shape index (κ1) is 18.8. The number of carbonyl (C=O) groups is 2. The molecule has 0 aliphatic carbocycles. The highest BCUT2D eigenvalue weighted by molar-refractivity contribution is 7.98. The summed E-state index contributed by atoms with van der Waals surface area (Å²) < 4.78 is 5.06. The van der Waals surface area contributed by atoms with Crippen LogP contribution < -0.4 is 5.32 Å². The van der Waals surface area contributed by atoms with Crippen molar-refractivity contribution in [3.63, 3.8) is 0 Å². The molecule has 128 valence electrons. The predicted molar refractivity (Wildman–Crippen MR) is 101 cm³/mol. The first-order chi connectivity index (χ1) is 11.5. The average molecular weight is 384 g/mol. The van der Waals surface area contributed by atoms with E-state index in [9.17, 15) is 9.59 Å².